The number of unbranched alkanes of at least 4 members (excludes halogenated alkanes) is 2. The summed E-state index contributed by atoms with van der Waals surface area (Å²) in [6.07, 6.45) is 7.92. The Kier molecular flexibility index (Phi) is 13.9. The quantitative estimate of drug-likeness (QED) is 0.0551. The van der Waals surface area contributed by atoms with Crippen LogP contribution in [0.15, 0.2) is 90.1 Å². The number of likely N-dealkylation sites (N-methyl/N-ethyl adjacent to an activating group) is 1. The number of benzene rings is 3. The van der Waals surface area contributed by atoms with Crippen LogP contribution in [0.3, 0.4) is 0 Å². The molecule has 6 unspecified atom stereocenters. The minimum absolute atomic E-state index is 0.0367. The Morgan fingerprint density at radius 2 is 1.69 bits per heavy atom. The molecule has 6 atom stereocenters. The van der Waals surface area contributed by atoms with Crippen molar-refractivity contribution in [2.45, 2.75) is 83.5 Å². The lowest BCUT2D eigenvalue weighted by Crippen LogP contribution is -2.69. The Labute approximate surface area is 340 Å². The highest BCUT2D eigenvalue weighted by Gasteiger charge is 2.65. The summed E-state index contributed by atoms with van der Waals surface area (Å²) in [5.74, 6) is -0.00373. The second-order valence-corrected chi connectivity index (χ2v) is 15.3. The van der Waals surface area contributed by atoms with Crippen LogP contribution in [-0.2, 0) is 9.57 Å². The topological polar surface area (TPSA) is 162 Å². The molecule has 13 heteroatoms. The Hall–Kier alpha value is -5.24. The predicted molar refractivity (Wildman–Crippen MR) is 219 cm³/mol. The molecule has 1 aliphatic heterocycles. The van der Waals surface area contributed by atoms with Crippen molar-refractivity contribution >= 4 is 17.5 Å². The van der Waals surface area contributed by atoms with Crippen LogP contribution in [0.4, 0.5) is 10.5 Å². The number of oxime groups is 1. The first-order valence-electron chi connectivity index (χ1n) is 20.2. The molecule has 2 N–H and O–H groups in total. The minimum atomic E-state index is -1.46. The summed E-state index contributed by atoms with van der Waals surface area (Å²) in [6, 6.07) is 16.4. The van der Waals surface area contributed by atoms with Gasteiger partial charge >= 0.3 is 6.09 Å². The highest BCUT2D eigenvalue weighted by molar-refractivity contribution is 6.03. The van der Waals surface area contributed by atoms with Crippen molar-refractivity contribution in [3.05, 3.63) is 112 Å². The van der Waals surface area contributed by atoms with Crippen molar-refractivity contribution in [2.24, 2.45) is 22.9 Å². The van der Waals surface area contributed by atoms with Crippen LogP contribution in [-0.4, -0.2) is 77.1 Å². The van der Waals surface area contributed by atoms with Gasteiger partial charge in [0.15, 0.2) is 0 Å². The van der Waals surface area contributed by atoms with Crippen molar-refractivity contribution in [1.82, 2.24) is 4.90 Å². The number of hydrogen-bond donors (Lipinski definition) is 2. The number of fused-ring (bicyclic) bond motifs is 2. The van der Waals surface area contributed by atoms with E-state index in [9.17, 15) is 25.1 Å². The molecule has 3 aliphatic rings. The molecule has 0 saturated heterocycles. The molecule has 0 radical (unpaired) electrons. The summed E-state index contributed by atoms with van der Waals surface area (Å²) in [6.45, 7) is 10.5. The van der Waals surface area contributed by atoms with E-state index in [1.165, 1.54) is 34.7 Å². The van der Waals surface area contributed by atoms with Crippen molar-refractivity contribution in [1.29, 1.82) is 0 Å². The summed E-state index contributed by atoms with van der Waals surface area (Å²) in [5, 5.41) is 35.7. The number of carbonyl (C=O) groups is 1. The van der Waals surface area contributed by atoms with Crippen LogP contribution < -0.4 is 14.2 Å². The largest absolute Gasteiger partial charge is 0.459 e. The first-order chi connectivity index (χ1) is 28.0. The normalized spacial score (nSPS) is 23.8. The van der Waals surface area contributed by atoms with Crippen molar-refractivity contribution in [3.8, 4) is 23.0 Å². The van der Waals surface area contributed by atoms with E-state index in [0.717, 1.165) is 42.4 Å². The zero-order valence-electron chi connectivity index (χ0n) is 33.8. The third-order valence-corrected chi connectivity index (χ3v) is 11.7. The van der Waals surface area contributed by atoms with E-state index in [1.54, 1.807) is 13.1 Å². The molecular weight excluding hydrogens is 743 g/mol. The fraction of sp³-hybridized carbons (Fsp3) is 0.467. The van der Waals surface area contributed by atoms with Crippen molar-refractivity contribution in [2.75, 3.05) is 33.5 Å². The molecule has 3 aromatic rings. The number of non-ortho nitro benzene ring substituents is 1. The number of allylic oxidation sites excluding steroid dienone is 1. The maximum absolute atomic E-state index is 14.1. The number of hydrogen-bond acceptors (Lipinski definition) is 11. The monoisotopic (exact) mass is 797 g/mol. The van der Waals surface area contributed by atoms with Gasteiger partial charge in [0.05, 0.1) is 23.2 Å². The lowest BCUT2D eigenvalue weighted by molar-refractivity contribution is -0.384. The highest BCUT2D eigenvalue weighted by atomic mass is 16.7. The molecule has 58 heavy (non-hydrogen) atoms. The van der Waals surface area contributed by atoms with Gasteiger partial charge in [-0.3, -0.25) is 10.1 Å². The minimum Gasteiger partial charge on any atom is -0.459 e. The number of nitro groups is 1. The first kappa shape index (κ1) is 42.4. The Bertz CT molecular complexity index is 2000. The molecule has 1 saturated carbocycles. The van der Waals surface area contributed by atoms with E-state index in [1.807, 2.05) is 37.3 Å². The van der Waals surface area contributed by atoms with E-state index in [0.29, 0.717) is 42.4 Å². The van der Waals surface area contributed by atoms with E-state index < -0.39 is 28.8 Å². The van der Waals surface area contributed by atoms with E-state index >= 15 is 0 Å². The Morgan fingerprint density at radius 1 is 1.00 bits per heavy atom. The average Bonchev–Trinajstić information content (AvgIpc) is 3.22. The number of ether oxygens (including phenoxy) is 4. The molecule has 1 heterocycles. The molecule has 3 aromatic carbocycles. The number of rotatable bonds is 18. The van der Waals surface area contributed by atoms with E-state index in [-0.39, 0.29) is 55.4 Å². The fourth-order valence-electron chi connectivity index (χ4n) is 8.78. The Morgan fingerprint density at radius 3 is 2.36 bits per heavy atom. The van der Waals surface area contributed by atoms with Crippen LogP contribution in [0.1, 0.15) is 74.5 Å². The van der Waals surface area contributed by atoms with Crippen LogP contribution in [0.25, 0.3) is 0 Å². The van der Waals surface area contributed by atoms with Gasteiger partial charge in [-0.15, -0.1) is 6.58 Å². The molecule has 0 bridgehead atoms. The second-order valence-electron chi connectivity index (χ2n) is 15.3. The van der Waals surface area contributed by atoms with Crippen LogP contribution in [0.5, 0.6) is 23.0 Å². The lowest BCUT2D eigenvalue weighted by Gasteiger charge is -2.59. The van der Waals surface area contributed by atoms with Crippen LogP contribution in [0, 0.1) is 41.7 Å². The maximum atomic E-state index is 14.1. The van der Waals surface area contributed by atoms with Crippen molar-refractivity contribution < 1.29 is 43.7 Å². The molecule has 1 amide bonds. The van der Waals surface area contributed by atoms with Crippen molar-refractivity contribution in [3.63, 3.8) is 0 Å². The van der Waals surface area contributed by atoms with Gasteiger partial charge in [0.2, 0.25) is 5.79 Å². The summed E-state index contributed by atoms with van der Waals surface area (Å²) in [7, 11) is 1.62. The van der Waals surface area contributed by atoms with Gasteiger partial charge in [-0.05, 0) is 117 Å². The SMILES string of the molecule is C=CCOC12Oc3ccc(Oc4ccc(C)c(C)c4)cc3C3C(CCCCO)C(CCCCO)C=C(C(=NOCC)CC1N(C)C(=O)Oc1ccc([N+](=O)[O-])cc1)C32. The molecule has 310 valence electrons. The van der Waals surface area contributed by atoms with Crippen LogP contribution >= 0.6 is 0 Å². The maximum Gasteiger partial charge on any atom is 0.415 e. The molecule has 1 fully saturated rings. The first-order valence-corrected chi connectivity index (χ1v) is 20.2. The summed E-state index contributed by atoms with van der Waals surface area (Å²) < 4.78 is 26.4. The second kappa shape index (κ2) is 19.0. The van der Waals surface area contributed by atoms with Gasteiger partial charge in [-0.25, -0.2) is 4.79 Å². The van der Waals surface area contributed by atoms with Gasteiger partial charge < -0.3 is 38.9 Å². The highest BCUT2D eigenvalue weighted by Crippen LogP contribution is 2.62. The number of carbonyl (C=O) groups excluding carboxylic acids is 1. The van der Waals surface area contributed by atoms with Gasteiger partial charge in [0.1, 0.15) is 35.6 Å². The lowest BCUT2D eigenvalue weighted by atomic mass is 9.55. The zero-order valence-corrected chi connectivity index (χ0v) is 33.8. The van der Waals surface area contributed by atoms with Gasteiger partial charge in [-0.1, -0.05) is 36.2 Å². The molecular formula is C45H55N3O10. The molecule has 0 spiro atoms. The third-order valence-electron chi connectivity index (χ3n) is 11.7. The fourth-order valence-corrected chi connectivity index (χ4v) is 8.78. The standard InChI is InChI=1S/C45H55N3O10/c1-6-24-54-45-41(47(5)44(51)57-33-18-15-32(16-19-33)48(52)53)28-39(46-55-7-2)37-26-31(12-8-10-22-49)36(13-9-11-23-50)42(43(37)45)38-27-35(20-21-40(38)58-45)56-34-17-14-29(3)30(4)25-34/h6,14-21,25-27,31,36,41-43,49-50H,1,7-13,22-24,28H2,2-5H3. The van der Waals surface area contributed by atoms with E-state index in [2.05, 4.69) is 37.7 Å². The molecule has 2 aliphatic carbocycles. The van der Waals surface area contributed by atoms with Gasteiger partial charge in [0.25, 0.3) is 5.69 Å². The predicted octanol–water partition coefficient (Wildman–Crippen LogP) is 8.79. The van der Waals surface area contributed by atoms with Gasteiger partial charge in [0, 0.05) is 50.3 Å². The molecule has 13 nitrogen and oxygen atoms in total. The number of nitro benzene ring substituents is 1. The van der Waals surface area contributed by atoms with Crippen LogP contribution in [0.2, 0.25) is 0 Å². The Balaban J connectivity index is 1.52. The average molecular weight is 798 g/mol. The number of nitrogens with zero attached hydrogens (tertiary/aromatic N) is 3. The number of aliphatic hydroxyl groups is 2. The number of aryl methyl sites for hydroxylation is 2. The third kappa shape index (κ3) is 8.91. The van der Waals surface area contributed by atoms with Gasteiger partial charge in [-0.2, -0.15) is 0 Å². The summed E-state index contributed by atoms with van der Waals surface area (Å²) in [4.78, 5) is 32.1. The summed E-state index contributed by atoms with van der Waals surface area (Å²) in [5.41, 5.74) is 4.66. The molecule has 0 aromatic heterocycles. The summed E-state index contributed by atoms with van der Waals surface area (Å²) >= 11 is 0. The molecule has 6 rings (SSSR count). The smallest absolute Gasteiger partial charge is 0.415 e. The zero-order chi connectivity index (χ0) is 41.4. The van der Waals surface area contributed by atoms with E-state index in [4.69, 9.17) is 23.8 Å². The number of aliphatic hydroxyl groups excluding tert-OH is 2. The number of amides is 1.